The topological polar surface area (TPSA) is 67.6 Å². The Hall–Kier alpha value is -2.18. The molecule has 4 rings (SSSR count). The molecule has 0 aromatic carbocycles. The lowest BCUT2D eigenvalue weighted by Crippen LogP contribution is -2.44. The number of carbonyl (C=O) groups is 1. The zero-order valence-corrected chi connectivity index (χ0v) is 15.1. The molecule has 6 nitrogen and oxygen atoms in total. The van der Waals surface area contributed by atoms with Crippen molar-refractivity contribution in [2.24, 2.45) is 5.92 Å². The van der Waals surface area contributed by atoms with Crippen LogP contribution < -0.4 is 5.32 Å². The Bertz CT molecular complexity index is 740. The number of furan rings is 1. The fraction of sp³-hybridized carbons (Fsp3) is 0.500. The first-order chi connectivity index (χ1) is 12.7. The lowest BCUT2D eigenvalue weighted by Gasteiger charge is -2.33. The van der Waals surface area contributed by atoms with Crippen LogP contribution in [0.1, 0.15) is 35.5 Å². The second-order valence-electron chi connectivity index (χ2n) is 7.09. The van der Waals surface area contributed by atoms with Crippen LogP contribution in [0.2, 0.25) is 0 Å². The van der Waals surface area contributed by atoms with E-state index < -0.39 is 0 Å². The van der Waals surface area contributed by atoms with Gasteiger partial charge in [-0.2, -0.15) is 0 Å². The van der Waals surface area contributed by atoms with E-state index in [-0.39, 0.29) is 17.9 Å². The van der Waals surface area contributed by atoms with Gasteiger partial charge in [-0.1, -0.05) is 6.07 Å². The molecule has 3 atom stereocenters. The number of ether oxygens (including phenoxy) is 1. The van der Waals surface area contributed by atoms with Gasteiger partial charge in [0.25, 0.3) is 0 Å². The van der Waals surface area contributed by atoms with Crippen molar-refractivity contribution in [3.63, 3.8) is 0 Å². The Morgan fingerprint density at radius 2 is 2.19 bits per heavy atom. The van der Waals surface area contributed by atoms with Gasteiger partial charge in [-0.15, -0.1) is 0 Å². The van der Waals surface area contributed by atoms with E-state index in [4.69, 9.17) is 9.15 Å². The number of carbonyl (C=O) groups excluding carboxylic acids is 1. The molecular weight excluding hydrogens is 330 g/mol. The van der Waals surface area contributed by atoms with Crippen molar-refractivity contribution in [2.45, 2.75) is 25.3 Å². The smallest absolute Gasteiger partial charge is 0.223 e. The summed E-state index contributed by atoms with van der Waals surface area (Å²) in [4.78, 5) is 19.1. The zero-order chi connectivity index (χ0) is 17.9. The number of rotatable bonds is 6. The van der Waals surface area contributed by atoms with Crippen molar-refractivity contribution >= 4 is 5.91 Å². The summed E-state index contributed by atoms with van der Waals surface area (Å²) in [5.41, 5.74) is 1.15. The van der Waals surface area contributed by atoms with E-state index in [2.05, 4.69) is 15.2 Å². The Kier molecular flexibility index (Phi) is 5.04. The molecule has 2 fully saturated rings. The summed E-state index contributed by atoms with van der Waals surface area (Å²) in [6.45, 7) is 5.64. The van der Waals surface area contributed by atoms with E-state index >= 15 is 0 Å². The van der Waals surface area contributed by atoms with Gasteiger partial charge in [-0.25, -0.2) is 0 Å². The first kappa shape index (κ1) is 17.2. The van der Waals surface area contributed by atoms with Gasteiger partial charge in [0.1, 0.15) is 11.5 Å². The summed E-state index contributed by atoms with van der Waals surface area (Å²) in [5, 5.41) is 3.15. The highest BCUT2D eigenvalue weighted by Gasteiger charge is 2.44. The summed E-state index contributed by atoms with van der Waals surface area (Å²) in [7, 11) is 0. The molecule has 0 spiro atoms. The van der Waals surface area contributed by atoms with E-state index in [9.17, 15) is 4.79 Å². The maximum Gasteiger partial charge on any atom is 0.223 e. The molecular formula is C20H25N3O3. The van der Waals surface area contributed by atoms with Gasteiger partial charge in [0.05, 0.1) is 19.3 Å². The van der Waals surface area contributed by atoms with Crippen LogP contribution in [0.25, 0.3) is 0 Å². The minimum atomic E-state index is 0.0483. The summed E-state index contributed by atoms with van der Waals surface area (Å²) in [5.74, 6) is 2.28. The van der Waals surface area contributed by atoms with E-state index in [0.717, 1.165) is 49.8 Å². The molecule has 0 radical (unpaired) electrons. The highest BCUT2D eigenvalue weighted by Crippen LogP contribution is 2.47. The van der Waals surface area contributed by atoms with Crippen LogP contribution in [0.5, 0.6) is 0 Å². The molecule has 2 aliphatic rings. The number of morpholine rings is 1. The molecule has 2 aromatic heterocycles. The second kappa shape index (κ2) is 7.60. The summed E-state index contributed by atoms with van der Waals surface area (Å²) in [6, 6.07) is 8.01. The predicted molar refractivity (Wildman–Crippen MR) is 96.7 cm³/mol. The third kappa shape index (κ3) is 3.81. The molecule has 26 heavy (non-hydrogen) atoms. The van der Waals surface area contributed by atoms with Crippen LogP contribution in [0.15, 0.2) is 41.1 Å². The number of nitrogens with zero attached hydrogens (tertiary/aromatic N) is 2. The predicted octanol–water partition coefficient (Wildman–Crippen LogP) is 2.28. The number of hydrogen-bond acceptors (Lipinski definition) is 5. The molecule has 1 saturated heterocycles. The van der Waals surface area contributed by atoms with Gasteiger partial charge in [0, 0.05) is 37.9 Å². The van der Waals surface area contributed by atoms with Crippen molar-refractivity contribution in [3.05, 3.63) is 53.7 Å². The van der Waals surface area contributed by atoms with E-state index in [0.29, 0.717) is 12.5 Å². The standard InChI is InChI=1S/C20H25N3O3/c1-14-4-5-19(26-14)18(23-7-9-25-10-8-23)13-22-20(24)17-11-16(17)15-3-2-6-21-12-15/h2-6,12,16-18H,7-11,13H2,1H3,(H,22,24)/t16-,17-,18+/m1/s1. The highest BCUT2D eigenvalue weighted by molar-refractivity contribution is 5.82. The molecule has 6 heteroatoms. The monoisotopic (exact) mass is 355 g/mol. The molecule has 138 valence electrons. The molecule has 1 amide bonds. The minimum absolute atomic E-state index is 0.0483. The number of amides is 1. The Morgan fingerprint density at radius 1 is 1.35 bits per heavy atom. The van der Waals surface area contributed by atoms with Gasteiger partial charge in [0.15, 0.2) is 0 Å². The lowest BCUT2D eigenvalue weighted by atomic mass is 10.1. The van der Waals surface area contributed by atoms with Crippen LogP contribution in [0.4, 0.5) is 0 Å². The molecule has 0 unspecified atom stereocenters. The van der Waals surface area contributed by atoms with Gasteiger partial charge in [-0.05, 0) is 43.0 Å². The average molecular weight is 355 g/mol. The maximum absolute atomic E-state index is 12.6. The fourth-order valence-corrected chi connectivity index (χ4v) is 3.71. The zero-order valence-electron chi connectivity index (χ0n) is 15.1. The number of aryl methyl sites for hydroxylation is 1. The highest BCUT2D eigenvalue weighted by atomic mass is 16.5. The molecule has 0 bridgehead atoms. The molecule has 1 aliphatic heterocycles. The maximum atomic E-state index is 12.6. The fourth-order valence-electron chi connectivity index (χ4n) is 3.71. The average Bonchev–Trinajstić information content (AvgIpc) is 3.38. The summed E-state index contributed by atoms with van der Waals surface area (Å²) < 4.78 is 11.3. The quantitative estimate of drug-likeness (QED) is 0.861. The largest absolute Gasteiger partial charge is 0.465 e. The Labute approximate surface area is 153 Å². The van der Waals surface area contributed by atoms with E-state index in [1.54, 1.807) is 6.20 Å². The normalized spacial score (nSPS) is 24.2. The number of aromatic nitrogens is 1. The number of pyridine rings is 1. The second-order valence-corrected chi connectivity index (χ2v) is 7.09. The van der Waals surface area contributed by atoms with Crippen LogP contribution in [0.3, 0.4) is 0 Å². The molecule has 3 heterocycles. The van der Waals surface area contributed by atoms with Crippen molar-refractivity contribution in [1.82, 2.24) is 15.2 Å². The van der Waals surface area contributed by atoms with Gasteiger partial charge >= 0.3 is 0 Å². The van der Waals surface area contributed by atoms with Crippen molar-refractivity contribution in [3.8, 4) is 0 Å². The SMILES string of the molecule is Cc1ccc([C@H](CNC(=O)[C@@H]2C[C@@H]2c2cccnc2)N2CCOCC2)o1. The van der Waals surface area contributed by atoms with Crippen LogP contribution in [-0.4, -0.2) is 48.6 Å². The molecule has 2 aromatic rings. The van der Waals surface area contributed by atoms with Crippen molar-refractivity contribution < 1.29 is 13.9 Å². The van der Waals surface area contributed by atoms with Gasteiger partial charge < -0.3 is 14.5 Å². The summed E-state index contributed by atoms with van der Waals surface area (Å²) in [6.07, 6.45) is 4.53. The Balaban J connectivity index is 1.38. The number of hydrogen-bond donors (Lipinski definition) is 1. The minimum Gasteiger partial charge on any atom is -0.465 e. The summed E-state index contributed by atoms with van der Waals surface area (Å²) >= 11 is 0. The van der Waals surface area contributed by atoms with Crippen LogP contribution >= 0.6 is 0 Å². The number of nitrogens with one attached hydrogen (secondary N) is 1. The third-order valence-electron chi connectivity index (χ3n) is 5.29. The molecule has 1 saturated carbocycles. The molecule has 1 aliphatic carbocycles. The lowest BCUT2D eigenvalue weighted by molar-refractivity contribution is -0.122. The van der Waals surface area contributed by atoms with Crippen molar-refractivity contribution in [1.29, 1.82) is 0 Å². The van der Waals surface area contributed by atoms with E-state index in [1.807, 2.05) is 37.4 Å². The van der Waals surface area contributed by atoms with Gasteiger partial charge in [0.2, 0.25) is 5.91 Å². The van der Waals surface area contributed by atoms with Crippen LogP contribution in [-0.2, 0) is 9.53 Å². The third-order valence-corrected chi connectivity index (χ3v) is 5.29. The Morgan fingerprint density at radius 3 is 2.88 bits per heavy atom. The first-order valence-electron chi connectivity index (χ1n) is 9.28. The van der Waals surface area contributed by atoms with Gasteiger partial charge in [-0.3, -0.25) is 14.7 Å². The van der Waals surface area contributed by atoms with Crippen molar-refractivity contribution in [2.75, 3.05) is 32.8 Å². The molecule has 1 N–H and O–H groups in total. The van der Waals surface area contributed by atoms with E-state index in [1.165, 1.54) is 0 Å². The first-order valence-corrected chi connectivity index (χ1v) is 9.28. The van der Waals surface area contributed by atoms with Crippen LogP contribution in [0, 0.1) is 12.8 Å².